The molecule has 2 N–H and O–H groups in total. The summed E-state index contributed by atoms with van der Waals surface area (Å²) in [4.78, 5) is 10.5. The Labute approximate surface area is 95.5 Å². The molecule has 16 heavy (non-hydrogen) atoms. The van der Waals surface area contributed by atoms with E-state index in [2.05, 4.69) is 17.4 Å². The first-order valence-electron chi connectivity index (χ1n) is 5.69. The third-order valence-electron chi connectivity index (χ3n) is 3.00. The molecule has 0 aromatic heterocycles. The minimum atomic E-state index is -0.739. The van der Waals surface area contributed by atoms with Gasteiger partial charge in [-0.15, -0.1) is 0 Å². The summed E-state index contributed by atoms with van der Waals surface area (Å²) in [6, 6.07) is 10.9. The Kier molecular flexibility index (Phi) is 3.25. The molecule has 0 radical (unpaired) electrons. The molecule has 3 unspecified atom stereocenters. The lowest BCUT2D eigenvalue weighted by Crippen LogP contribution is -2.31. The van der Waals surface area contributed by atoms with Gasteiger partial charge in [0.15, 0.2) is 0 Å². The number of carboxylic acids is 1. The monoisotopic (exact) mass is 219 g/mol. The lowest BCUT2D eigenvalue weighted by atomic mass is 10.1. The highest BCUT2D eigenvalue weighted by atomic mass is 16.4. The second-order valence-electron chi connectivity index (χ2n) is 4.52. The molecule has 1 fully saturated rings. The summed E-state index contributed by atoms with van der Waals surface area (Å²) in [5.41, 5.74) is 1.35. The van der Waals surface area contributed by atoms with Gasteiger partial charge in [0.05, 0.1) is 6.42 Å². The first-order chi connectivity index (χ1) is 7.66. The SMILES string of the molecule is CC(CC(=O)O)NC1CC1c1ccccc1. The van der Waals surface area contributed by atoms with Crippen molar-refractivity contribution in [1.29, 1.82) is 0 Å². The van der Waals surface area contributed by atoms with Gasteiger partial charge in [0.1, 0.15) is 0 Å². The number of nitrogens with one attached hydrogen (secondary N) is 1. The fourth-order valence-corrected chi connectivity index (χ4v) is 2.13. The zero-order valence-electron chi connectivity index (χ0n) is 9.39. The van der Waals surface area contributed by atoms with Crippen LogP contribution in [0.3, 0.4) is 0 Å². The van der Waals surface area contributed by atoms with Gasteiger partial charge in [0.2, 0.25) is 0 Å². The van der Waals surface area contributed by atoms with E-state index in [0.29, 0.717) is 12.0 Å². The van der Waals surface area contributed by atoms with Crippen LogP contribution in [0.1, 0.15) is 31.2 Å². The summed E-state index contributed by atoms with van der Waals surface area (Å²) in [6.07, 6.45) is 1.31. The van der Waals surface area contributed by atoms with Gasteiger partial charge in [-0.2, -0.15) is 0 Å². The fraction of sp³-hybridized carbons (Fsp3) is 0.462. The summed E-state index contributed by atoms with van der Waals surface area (Å²) in [6.45, 7) is 1.93. The average molecular weight is 219 g/mol. The topological polar surface area (TPSA) is 49.3 Å². The minimum Gasteiger partial charge on any atom is -0.481 e. The van der Waals surface area contributed by atoms with Crippen molar-refractivity contribution in [3.8, 4) is 0 Å². The van der Waals surface area contributed by atoms with Crippen molar-refractivity contribution in [2.45, 2.75) is 37.8 Å². The zero-order valence-corrected chi connectivity index (χ0v) is 9.39. The van der Waals surface area contributed by atoms with E-state index in [1.807, 2.05) is 25.1 Å². The molecule has 1 saturated carbocycles. The highest BCUT2D eigenvalue weighted by Gasteiger charge is 2.38. The molecule has 0 heterocycles. The van der Waals surface area contributed by atoms with E-state index >= 15 is 0 Å². The third kappa shape index (κ3) is 2.83. The largest absolute Gasteiger partial charge is 0.481 e. The van der Waals surface area contributed by atoms with Gasteiger partial charge in [-0.25, -0.2) is 0 Å². The van der Waals surface area contributed by atoms with Crippen molar-refractivity contribution in [3.05, 3.63) is 35.9 Å². The Bertz CT molecular complexity index is 363. The number of hydrogen-bond acceptors (Lipinski definition) is 2. The smallest absolute Gasteiger partial charge is 0.304 e. The van der Waals surface area contributed by atoms with E-state index < -0.39 is 5.97 Å². The van der Waals surface area contributed by atoms with Crippen molar-refractivity contribution in [2.24, 2.45) is 0 Å². The Balaban J connectivity index is 1.81. The number of aliphatic carboxylic acids is 1. The molecule has 0 saturated heterocycles. The molecule has 3 heteroatoms. The second kappa shape index (κ2) is 4.66. The van der Waals surface area contributed by atoms with Crippen molar-refractivity contribution in [2.75, 3.05) is 0 Å². The fourth-order valence-electron chi connectivity index (χ4n) is 2.13. The normalized spacial score (nSPS) is 25.1. The highest BCUT2D eigenvalue weighted by molar-refractivity contribution is 5.67. The highest BCUT2D eigenvalue weighted by Crippen LogP contribution is 2.40. The molecule has 1 aromatic carbocycles. The van der Waals surface area contributed by atoms with Gasteiger partial charge in [0, 0.05) is 18.0 Å². The van der Waals surface area contributed by atoms with Crippen LogP contribution in [0.2, 0.25) is 0 Å². The van der Waals surface area contributed by atoms with Crippen molar-refractivity contribution in [3.63, 3.8) is 0 Å². The standard InChI is InChI=1S/C13H17NO2/c1-9(7-13(15)16)14-12-8-11(12)10-5-3-2-4-6-10/h2-6,9,11-12,14H,7-8H2,1H3,(H,15,16). The lowest BCUT2D eigenvalue weighted by Gasteiger charge is -2.10. The Morgan fingerprint density at radius 1 is 1.50 bits per heavy atom. The molecular formula is C13H17NO2. The maximum Gasteiger partial charge on any atom is 0.304 e. The van der Waals surface area contributed by atoms with Gasteiger partial charge in [0.25, 0.3) is 0 Å². The molecule has 0 aliphatic heterocycles. The molecule has 2 rings (SSSR count). The summed E-state index contributed by atoms with van der Waals surface area (Å²) < 4.78 is 0. The van der Waals surface area contributed by atoms with Gasteiger partial charge < -0.3 is 10.4 Å². The van der Waals surface area contributed by atoms with Crippen LogP contribution >= 0.6 is 0 Å². The van der Waals surface area contributed by atoms with E-state index in [1.54, 1.807) is 0 Å². The molecule has 3 atom stereocenters. The van der Waals surface area contributed by atoms with Gasteiger partial charge in [-0.1, -0.05) is 30.3 Å². The van der Waals surface area contributed by atoms with E-state index in [0.717, 1.165) is 6.42 Å². The summed E-state index contributed by atoms with van der Waals surface area (Å²) in [5, 5.41) is 12.0. The van der Waals surface area contributed by atoms with Crippen LogP contribution in [0.4, 0.5) is 0 Å². The molecule has 1 aliphatic rings. The number of carbonyl (C=O) groups is 1. The van der Waals surface area contributed by atoms with Crippen molar-refractivity contribution in [1.82, 2.24) is 5.32 Å². The molecule has 0 bridgehead atoms. The minimum absolute atomic E-state index is 0.0520. The molecule has 1 aliphatic carbocycles. The number of carboxylic acid groups (broad SMARTS) is 1. The summed E-state index contributed by atoms with van der Waals surface area (Å²) in [5.74, 6) is -0.172. The van der Waals surface area contributed by atoms with E-state index in [1.165, 1.54) is 5.56 Å². The molecule has 3 nitrogen and oxygen atoms in total. The first kappa shape index (κ1) is 11.1. The Morgan fingerprint density at radius 2 is 2.19 bits per heavy atom. The van der Waals surface area contributed by atoms with Crippen LogP contribution in [0.5, 0.6) is 0 Å². The van der Waals surface area contributed by atoms with E-state index in [9.17, 15) is 4.79 Å². The molecular weight excluding hydrogens is 202 g/mol. The maximum absolute atomic E-state index is 10.5. The number of benzene rings is 1. The quantitative estimate of drug-likeness (QED) is 0.796. The Hall–Kier alpha value is -1.35. The molecule has 0 amide bonds. The maximum atomic E-state index is 10.5. The van der Waals surface area contributed by atoms with E-state index in [4.69, 9.17) is 5.11 Å². The van der Waals surface area contributed by atoms with Gasteiger partial charge >= 0.3 is 5.97 Å². The van der Waals surface area contributed by atoms with E-state index in [-0.39, 0.29) is 12.5 Å². The lowest BCUT2D eigenvalue weighted by molar-refractivity contribution is -0.137. The average Bonchev–Trinajstić information content (AvgIpc) is 2.97. The van der Waals surface area contributed by atoms with Crippen LogP contribution in [-0.2, 0) is 4.79 Å². The van der Waals surface area contributed by atoms with Crippen LogP contribution in [0.25, 0.3) is 0 Å². The van der Waals surface area contributed by atoms with Gasteiger partial charge in [-0.3, -0.25) is 4.79 Å². The van der Waals surface area contributed by atoms with Gasteiger partial charge in [-0.05, 0) is 18.9 Å². The molecule has 0 spiro atoms. The van der Waals surface area contributed by atoms with Crippen LogP contribution in [-0.4, -0.2) is 23.2 Å². The van der Waals surface area contributed by atoms with Crippen LogP contribution in [0, 0.1) is 0 Å². The molecule has 1 aromatic rings. The summed E-state index contributed by atoms with van der Waals surface area (Å²) >= 11 is 0. The predicted molar refractivity (Wildman–Crippen MR) is 62.4 cm³/mol. The van der Waals surface area contributed by atoms with Crippen LogP contribution in [0.15, 0.2) is 30.3 Å². The van der Waals surface area contributed by atoms with Crippen LogP contribution < -0.4 is 5.32 Å². The predicted octanol–water partition coefficient (Wildman–Crippen LogP) is 2.00. The molecule has 86 valence electrons. The number of rotatable bonds is 5. The second-order valence-corrected chi connectivity index (χ2v) is 4.52. The van der Waals surface area contributed by atoms with Crippen molar-refractivity contribution < 1.29 is 9.90 Å². The third-order valence-corrected chi connectivity index (χ3v) is 3.00. The first-order valence-corrected chi connectivity index (χ1v) is 5.69. The zero-order chi connectivity index (χ0) is 11.5. The van der Waals surface area contributed by atoms with Crippen molar-refractivity contribution >= 4 is 5.97 Å². The summed E-state index contributed by atoms with van der Waals surface area (Å²) in [7, 11) is 0. The Morgan fingerprint density at radius 3 is 2.81 bits per heavy atom. The number of hydrogen-bond donors (Lipinski definition) is 2.